The van der Waals surface area contributed by atoms with Gasteiger partial charge < -0.3 is 14.6 Å². The summed E-state index contributed by atoms with van der Waals surface area (Å²) in [7, 11) is -1.04. The predicted molar refractivity (Wildman–Crippen MR) is 94.9 cm³/mol. The van der Waals surface area contributed by atoms with E-state index in [1.807, 2.05) is 37.1 Å². The first-order valence-corrected chi connectivity index (χ1v) is 10.2. The van der Waals surface area contributed by atoms with Crippen LogP contribution in [-0.4, -0.2) is 55.3 Å². The van der Waals surface area contributed by atoms with Crippen LogP contribution in [0.4, 0.5) is 0 Å². The number of sulfone groups is 1. The van der Waals surface area contributed by atoms with Crippen molar-refractivity contribution in [2.24, 2.45) is 0 Å². The van der Waals surface area contributed by atoms with Gasteiger partial charge in [-0.25, -0.2) is 13.4 Å². The number of aryl methyl sites for hydroxylation is 1. The number of benzene rings is 1. The summed E-state index contributed by atoms with van der Waals surface area (Å²) in [6.45, 7) is 2.74. The largest absolute Gasteiger partial charge is 0.439 e. The molecule has 2 heterocycles. The van der Waals surface area contributed by atoms with E-state index >= 15 is 0 Å². The summed E-state index contributed by atoms with van der Waals surface area (Å²) in [5, 5.41) is 2.80. The van der Waals surface area contributed by atoms with Crippen molar-refractivity contribution in [3.05, 3.63) is 29.7 Å². The van der Waals surface area contributed by atoms with Gasteiger partial charge in [-0.05, 0) is 32.0 Å². The third kappa shape index (κ3) is 4.38. The number of nitrogens with one attached hydrogen (secondary N) is 1. The van der Waals surface area contributed by atoms with Gasteiger partial charge in [-0.15, -0.1) is 0 Å². The molecular formula is C17H23N3O4S. The number of carbonyl (C=O) groups excluding carboxylic acids is 1. The molecule has 1 aromatic heterocycles. The van der Waals surface area contributed by atoms with E-state index in [1.165, 1.54) is 0 Å². The monoisotopic (exact) mass is 365 g/mol. The van der Waals surface area contributed by atoms with Crippen LogP contribution in [0.15, 0.2) is 22.6 Å². The quantitative estimate of drug-likeness (QED) is 0.828. The molecule has 1 aliphatic rings. The number of fused-ring (bicyclic) bond motifs is 1. The minimum absolute atomic E-state index is 0.0119. The van der Waals surface area contributed by atoms with Crippen LogP contribution >= 0.6 is 0 Å². The van der Waals surface area contributed by atoms with Crippen LogP contribution in [0, 0.1) is 6.92 Å². The first kappa shape index (κ1) is 17.9. The summed E-state index contributed by atoms with van der Waals surface area (Å²) in [6, 6.07) is 5.74. The minimum Gasteiger partial charge on any atom is -0.439 e. The summed E-state index contributed by atoms with van der Waals surface area (Å²) in [4.78, 5) is 18.4. The van der Waals surface area contributed by atoms with Gasteiger partial charge in [-0.3, -0.25) is 4.79 Å². The Morgan fingerprint density at radius 1 is 1.44 bits per heavy atom. The second-order valence-corrected chi connectivity index (χ2v) is 8.82. The first-order valence-electron chi connectivity index (χ1n) is 8.36. The van der Waals surface area contributed by atoms with E-state index < -0.39 is 9.84 Å². The number of oxazole rings is 1. The lowest BCUT2D eigenvalue weighted by Gasteiger charge is -2.22. The average molecular weight is 365 g/mol. The van der Waals surface area contributed by atoms with Gasteiger partial charge >= 0.3 is 0 Å². The molecule has 1 fully saturated rings. The molecule has 136 valence electrons. The molecule has 1 N–H and O–H groups in total. The van der Waals surface area contributed by atoms with Crippen molar-refractivity contribution in [3.8, 4) is 0 Å². The molecule has 1 aliphatic heterocycles. The normalized spacial score (nSPS) is 19.6. The van der Waals surface area contributed by atoms with Gasteiger partial charge in [-0.1, -0.05) is 12.1 Å². The molecule has 0 saturated carbocycles. The predicted octanol–water partition coefficient (Wildman–Crippen LogP) is 1.26. The van der Waals surface area contributed by atoms with Crippen molar-refractivity contribution in [3.63, 3.8) is 0 Å². The van der Waals surface area contributed by atoms with Gasteiger partial charge in [-0.2, -0.15) is 0 Å². The fraction of sp³-hybridized carbons (Fsp3) is 0.529. The number of aromatic nitrogens is 1. The van der Waals surface area contributed by atoms with Crippen LogP contribution in [0.3, 0.4) is 0 Å². The van der Waals surface area contributed by atoms with Crippen molar-refractivity contribution >= 4 is 26.8 Å². The van der Waals surface area contributed by atoms with Gasteiger partial charge in [0.05, 0.1) is 18.1 Å². The Kier molecular flexibility index (Phi) is 5.10. The third-order valence-corrected chi connectivity index (χ3v) is 6.38. The van der Waals surface area contributed by atoms with E-state index in [0.717, 1.165) is 11.1 Å². The second kappa shape index (κ2) is 7.13. The van der Waals surface area contributed by atoms with Crippen LogP contribution in [0.25, 0.3) is 11.1 Å². The second-order valence-electron chi connectivity index (χ2n) is 6.59. The van der Waals surface area contributed by atoms with E-state index in [9.17, 15) is 13.2 Å². The van der Waals surface area contributed by atoms with Gasteiger partial charge in [0.2, 0.25) is 11.8 Å². The van der Waals surface area contributed by atoms with Gasteiger partial charge in [0.15, 0.2) is 15.4 Å². The highest BCUT2D eigenvalue weighted by Crippen LogP contribution is 2.19. The van der Waals surface area contributed by atoms with Crippen molar-refractivity contribution in [2.75, 3.05) is 25.1 Å². The maximum Gasteiger partial charge on any atom is 0.221 e. The molecule has 0 spiro atoms. The summed E-state index contributed by atoms with van der Waals surface area (Å²) < 4.78 is 28.7. The Bertz CT molecular complexity index is 875. The lowest BCUT2D eigenvalue weighted by Crippen LogP contribution is -2.36. The minimum atomic E-state index is -2.90. The summed E-state index contributed by atoms with van der Waals surface area (Å²) >= 11 is 0. The zero-order valence-corrected chi connectivity index (χ0v) is 15.3. The molecule has 1 aromatic carbocycles. The lowest BCUT2D eigenvalue weighted by atomic mass is 10.2. The highest BCUT2D eigenvalue weighted by Gasteiger charge is 2.30. The lowest BCUT2D eigenvalue weighted by molar-refractivity contribution is -0.121. The van der Waals surface area contributed by atoms with Crippen molar-refractivity contribution in [1.29, 1.82) is 0 Å². The van der Waals surface area contributed by atoms with Crippen LogP contribution in [0.1, 0.15) is 24.3 Å². The highest BCUT2D eigenvalue weighted by atomic mass is 32.2. The van der Waals surface area contributed by atoms with E-state index in [2.05, 4.69) is 10.3 Å². The van der Waals surface area contributed by atoms with Crippen LogP contribution < -0.4 is 5.32 Å². The Morgan fingerprint density at radius 3 is 2.92 bits per heavy atom. The van der Waals surface area contributed by atoms with Gasteiger partial charge in [0.1, 0.15) is 5.52 Å². The van der Waals surface area contributed by atoms with E-state index in [0.29, 0.717) is 30.9 Å². The number of hydrogen-bond acceptors (Lipinski definition) is 6. The molecule has 2 aromatic rings. The fourth-order valence-corrected chi connectivity index (χ4v) is 4.86. The molecule has 0 unspecified atom stereocenters. The molecule has 0 bridgehead atoms. The van der Waals surface area contributed by atoms with Crippen LogP contribution in [0.2, 0.25) is 0 Å². The Hall–Kier alpha value is -1.93. The Balaban J connectivity index is 1.47. The Morgan fingerprint density at radius 2 is 2.24 bits per heavy atom. The summed E-state index contributed by atoms with van der Waals surface area (Å²) in [6.07, 6.45) is 0.953. The van der Waals surface area contributed by atoms with E-state index in [-0.39, 0.29) is 30.0 Å². The summed E-state index contributed by atoms with van der Waals surface area (Å²) in [5.74, 6) is 0.804. The molecule has 1 atom stereocenters. The number of para-hydroxylation sites is 1. The number of rotatable bonds is 6. The number of carbonyl (C=O) groups is 1. The van der Waals surface area contributed by atoms with Gasteiger partial charge in [0, 0.05) is 19.0 Å². The SMILES string of the molecule is Cc1cccc2oc(CNC(=O)CCN(C)[C@@H]3CCS(=O)(=O)C3)nc12. The molecular weight excluding hydrogens is 342 g/mol. The molecule has 8 heteroatoms. The molecule has 1 amide bonds. The zero-order valence-electron chi connectivity index (χ0n) is 14.5. The Labute approximate surface area is 147 Å². The highest BCUT2D eigenvalue weighted by molar-refractivity contribution is 7.91. The zero-order chi connectivity index (χ0) is 18.0. The van der Waals surface area contributed by atoms with Crippen LogP contribution in [-0.2, 0) is 21.2 Å². The third-order valence-electron chi connectivity index (χ3n) is 4.63. The number of amides is 1. The molecule has 25 heavy (non-hydrogen) atoms. The smallest absolute Gasteiger partial charge is 0.221 e. The van der Waals surface area contributed by atoms with Crippen molar-refractivity contribution in [1.82, 2.24) is 15.2 Å². The average Bonchev–Trinajstić information content (AvgIpc) is 3.14. The summed E-state index contributed by atoms with van der Waals surface area (Å²) in [5.41, 5.74) is 2.56. The van der Waals surface area contributed by atoms with E-state index in [4.69, 9.17) is 4.42 Å². The maximum atomic E-state index is 12.0. The molecule has 1 saturated heterocycles. The molecule has 3 rings (SSSR count). The van der Waals surface area contributed by atoms with E-state index in [1.54, 1.807) is 0 Å². The number of nitrogens with zero attached hydrogens (tertiary/aromatic N) is 2. The maximum absolute atomic E-state index is 12.0. The number of hydrogen-bond donors (Lipinski definition) is 1. The van der Waals surface area contributed by atoms with Crippen molar-refractivity contribution in [2.45, 2.75) is 32.4 Å². The standard InChI is InChI=1S/C17H23N3O4S/c1-12-4-3-5-14-17(12)19-16(24-14)10-18-15(21)6-8-20(2)13-7-9-25(22,23)11-13/h3-5,13H,6-11H2,1-2H3,(H,18,21)/t13-/m1/s1. The van der Waals surface area contributed by atoms with Gasteiger partial charge in [0.25, 0.3) is 0 Å². The molecule has 0 radical (unpaired) electrons. The van der Waals surface area contributed by atoms with Crippen LogP contribution in [0.5, 0.6) is 0 Å². The molecule has 0 aliphatic carbocycles. The molecule has 7 nitrogen and oxygen atoms in total. The fourth-order valence-electron chi connectivity index (χ4n) is 3.05. The topological polar surface area (TPSA) is 92.5 Å². The first-order chi connectivity index (χ1) is 11.8. The van der Waals surface area contributed by atoms with Crippen molar-refractivity contribution < 1.29 is 17.6 Å².